The number of hydrogen-bond acceptors (Lipinski definition) is 3. The highest BCUT2D eigenvalue weighted by Crippen LogP contribution is 2.38. The Morgan fingerprint density at radius 1 is 1.13 bits per heavy atom. The Balaban J connectivity index is 1.83. The fraction of sp³-hybridized carbons (Fsp3) is 0.520. The van der Waals surface area contributed by atoms with Gasteiger partial charge in [0.15, 0.2) is 0 Å². The number of nitrogens with zero attached hydrogens (tertiary/aromatic N) is 1. The molecule has 0 bridgehead atoms. The van der Waals surface area contributed by atoms with E-state index in [4.69, 9.17) is 0 Å². The van der Waals surface area contributed by atoms with Gasteiger partial charge in [0.25, 0.3) is 0 Å². The van der Waals surface area contributed by atoms with Crippen LogP contribution in [0.15, 0.2) is 41.8 Å². The Kier molecular flexibility index (Phi) is 6.71. The van der Waals surface area contributed by atoms with E-state index in [1.54, 1.807) is 11.3 Å². The summed E-state index contributed by atoms with van der Waals surface area (Å²) in [5, 5.41) is 5.23. The summed E-state index contributed by atoms with van der Waals surface area (Å²) in [5.41, 5.74) is 1.50. The lowest BCUT2D eigenvalue weighted by molar-refractivity contribution is -0.146. The second-order valence-corrected chi connectivity index (χ2v) is 10.8. The highest BCUT2D eigenvalue weighted by Gasteiger charge is 2.43. The van der Waals surface area contributed by atoms with Gasteiger partial charge in [-0.2, -0.15) is 0 Å². The third-order valence-electron chi connectivity index (χ3n) is 5.83. The molecule has 0 spiro atoms. The highest BCUT2D eigenvalue weighted by atomic mass is 32.1. The summed E-state index contributed by atoms with van der Waals surface area (Å²) in [6.07, 6.45) is 2.08. The molecule has 1 aromatic carbocycles. The number of amides is 2. The van der Waals surface area contributed by atoms with Crippen molar-refractivity contribution in [3.8, 4) is 10.4 Å². The Hall–Kier alpha value is -2.14. The molecule has 30 heavy (non-hydrogen) atoms. The topological polar surface area (TPSA) is 49.4 Å². The fourth-order valence-corrected chi connectivity index (χ4v) is 4.90. The minimum absolute atomic E-state index is 0.0982. The van der Waals surface area contributed by atoms with Crippen molar-refractivity contribution in [3.63, 3.8) is 0 Å². The zero-order valence-corrected chi connectivity index (χ0v) is 19.6. The number of piperidine rings is 1. The van der Waals surface area contributed by atoms with Crippen molar-refractivity contribution < 1.29 is 9.59 Å². The molecule has 1 N–H and O–H groups in total. The van der Waals surface area contributed by atoms with Gasteiger partial charge in [0.1, 0.15) is 0 Å². The van der Waals surface area contributed by atoms with Crippen LogP contribution < -0.4 is 5.32 Å². The van der Waals surface area contributed by atoms with Crippen LogP contribution >= 0.6 is 11.3 Å². The third-order valence-corrected chi connectivity index (χ3v) is 6.74. The molecular weight excluding hydrogens is 392 g/mol. The summed E-state index contributed by atoms with van der Waals surface area (Å²) in [6.45, 7) is 11.1. The van der Waals surface area contributed by atoms with Crippen LogP contribution in [0, 0.1) is 10.8 Å². The summed E-state index contributed by atoms with van der Waals surface area (Å²) in [7, 11) is 0. The molecule has 1 aromatic heterocycles. The molecule has 2 heterocycles. The van der Waals surface area contributed by atoms with Crippen LogP contribution in [0.4, 0.5) is 0 Å². The molecule has 0 aliphatic carbocycles. The highest BCUT2D eigenvalue weighted by molar-refractivity contribution is 7.13. The van der Waals surface area contributed by atoms with Gasteiger partial charge in [-0.3, -0.25) is 9.59 Å². The van der Waals surface area contributed by atoms with Crippen molar-refractivity contribution in [3.05, 3.63) is 47.3 Å². The molecule has 2 aromatic rings. The van der Waals surface area contributed by atoms with E-state index in [2.05, 4.69) is 47.1 Å². The molecule has 4 nitrogen and oxygen atoms in total. The Bertz CT molecular complexity index is 873. The Morgan fingerprint density at radius 3 is 2.40 bits per heavy atom. The van der Waals surface area contributed by atoms with Gasteiger partial charge in [-0.1, -0.05) is 51.1 Å². The van der Waals surface area contributed by atoms with Crippen molar-refractivity contribution in [1.82, 2.24) is 10.2 Å². The number of hydrogen-bond donors (Lipinski definition) is 1. The first kappa shape index (κ1) is 22.5. The van der Waals surface area contributed by atoms with E-state index in [1.807, 2.05) is 39.5 Å². The van der Waals surface area contributed by atoms with E-state index in [9.17, 15) is 9.59 Å². The summed E-state index contributed by atoms with van der Waals surface area (Å²) in [4.78, 5) is 29.2. The van der Waals surface area contributed by atoms with Gasteiger partial charge in [0.2, 0.25) is 11.8 Å². The molecule has 1 aliphatic heterocycles. The maximum absolute atomic E-state index is 13.3. The molecule has 3 rings (SSSR count). The molecule has 0 unspecified atom stereocenters. The second kappa shape index (κ2) is 8.93. The summed E-state index contributed by atoms with van der Waals surface area (Å²) in [5.74, 6) is 0.280. The van der Waals surface area contributed by atoms with Crippen LogP contribution in [0.1, 0.15) is 53.0 Å². The maximum atomic E-state index is 13.3. The van der Waals surface area contributed by atoms with Crippen LogP contribution in [0.3, 0.4) is 0 Å². The molecule has 2 amide bonds. The maximum Gasteiger partial charge on any atom is 0.227 e. The van der Waals surface area contributed by atoms with E-state index in [0.717, 1.165) is 0 Å². The normalized spacial score (nSPS) is 16.5. The number of carbonyl (C=O) groups is 2. The first-order chi connectivity index (χ1) is 14.1. The molecule has 0 atom stereocenters. The van der Waals surface area contributed by atoms with Crippen LogP contribution in [0.2, 0.25) is 0 Å². The van der Waals surface area contributed by atoms with Crippen LogP contribution in [-0.2, 0) is 16.0 Å². The van der Waals surface area contributed by atoms with Gasteiger partial charge < -0.3 is 10.2 Å². The van der Waals surface area contributed by atoms with Crippen molar-refractivity contribution in [2.75, 3.05) is 13.1 Å². The lowest BCUT2D eigenvalue weighted by Crippen LogP contribution is -2.53. The average Bonchev–Trinajstić information content (AvgIpc) is 3.22. The second-order valence-electron chi connectivity index (χ2n) is 9.81. The van der Waals surface area contributed by atoms with Crippen LogP contribution in [0.5, 0.6) is 0 Å². The average molecular weight is 427 g/mol. The van der Waals surface area contributed by atoms with Crippen molar-refractivity contribution in [2.45, 2.75) is 59.9 Å². The Labute approximate surface area is 184 Å². The quantitative estimate of drug-likeness (QED) is 0.720. The lowest BCUT2D eigenvalue weighted by Gasteiger charge is -2.42. The van der Waals surface area contributed by atoms with Crippen molar-refractivity contribution in [2.24, 2.45) is 10.8 Å². The van der Waals surface area contributed by atoms with Crippen molar-refractivity contribution in [1.29, 1.82) is 0 Å². The molecule has 0 radical (unpaired) electrons. The summed E-state index contributed by atoms with van der Waals surface area (Å²) >= 11 is 1.73. The van der Waals surface area contributed by atoms with Crippen LogP contribution in [0.25, 0.3) is 10.4 Å². The number of rotatable bonds is 5. The number of benzene rings is 1. The van der Waals surface area contributed by atoms with E-state index < -0.39 is 10.8 Å². The standard InChI is InChI=1S/C25H34N2O2S/c1-18(2)26-22(28)25(11-13-27(14-12-25)23(29)24(3,4)5)17-19-8-6-9-20(16-19)21-10-7-15-30-21/h6-10,15-16,18H,11-14,17H2,1-5H3,(H,26,28). The predicted octanol–water partition coefficient (Wildman–Crippen LogP) is 5.14. The third kappa shape index (κ3) is 5.12. The zero-order valence-electron chi connectivity index (χ0n) is 18.8. The summed E-state index contributed by atoms with van der Waals surface area (Å²) in [6, 6.07) is 12.8. The molecular formula is C25H34N2O2S. The number of likely N-dealkylation sites (tertiary alicyclic amines) is 1. The molecule has 1 saturated heterocycles. The number of nitrogens with one attached hydrogen (secondary N) is 1. The van der Waals surface area contributed by atoms with Gasteiger partial charge in [-0.05, 0) is 55.7 Å². The smallest absolute Gasteiger partial charge is 0.227 e. The van der Waals surface area contributed by atoms with Crippen molar-refractivity contribution >= 4 is 23.2 Å². The van der Waals surface area contributed by atoms with Gasteiger partial charge in [0.05, 0.1) is 5.41 Å². The minimum atomic E-state index is -0.479. The molecule has 162 valence electrons. The van der Waals surface area contributed by atoms with Gasteiger partial charge in [-0.15, -0.1) is 11.3 Å². The first-order valence-electron chi connectivity index (χ1n) is 10.8. The zero-order chi connectivity index (χ0) is 21.9. The van der Waals surface area contributed by atoms with E-state index >= 15 is 0 Å². The van der Waals surface area contributed by atoms with Gasteiger partial charge >= 0.3 is 0 Å². The van der Waals surface area contributed by atoms with Crippen LogP contribution in [-0.4, -0.2) is 35.8 Å². The Morgan fingerprint density at radius 2 is 1.83 bits per heavy atom. The van der Waals surface area contributed by atoms with E-state index in [0.29, 0.717) is 32.4 Å². The van der Waals surface area contributed by atoms with Gasteiger partial charge in [0, 0.05) is 29.4 Å². The number of thiophene rings is 1. The number of carbonyl (C=O) groups excluding carboxylic acids is 2. The van der Waals surface area contributed by atoms with Gasteiger partial charge in [-0.25, -0.2) is 0 Å². The fourth-order valence-electron chi connectivity index (χ4n) is 4.18. The SMILES string of the molecule is CC(C)NC(=O)C1(Cc2cccc(-c3cccs3)c2)CCN(C(=O)C(C)(C)C)CC1. The molecule has 5 heteroatoms. The largest absolute Gasteiger partial charge is 0.353 e. The lowest BCUT2D eigenvalue weighted by atomic mass is 9.72. The predicted molar refractivity (Wildman–Crippen MR) is 124 cm³/mol. The summed E-state index contributed by atoms with van der Waals surface area (Å²) < 4.78 is 0. The minimum Gasteiger partial charge on any atom is -0.353 e. The van der Waals surface area contributed by atoms with E-state index in [1.165, 1.54) is 16.0 Å². The molecule has 0 saturated carbocycles. The van der Waals surface area contributed by atoms with E-state index in [-0.39, 0.29) is 17.9 Å². The monoisotopic (exact) mass is 426 g/mol. The molecule has 1 fully saturated rings. The molecule has 1 aliphatic rings. The first-order valence-corrected chi connectivity index (χ1v) is 11.7.